The molecule has 2 fully saturated rings. The number of ketones is 1. The number of hydrogen-bond acceptors (Lipinski definition) is 1. The van der Waals surface area contributed by atoms with Gasteiger partial charge in [0.1, 0.15) is 5.78 Å². The Morgan fingerprint density at radius 3 is 2.55 bits per heavy atom. The van der Waals surface area contributed by atoms with Crippen LogP contribution in [0.2, 0.25) is 0 Å². The van der Waals surface area contributed by atoms with Crippen molar-refractivity contribution in [3.8, 4) is 0 Å². The van der Waals surface area contributed by atoms with Crippen LogP contribution in [0.25, 0.3) is 0 Å². The Morgan fingerprint density at radius 1 is 1.00 bits per heavy atom. The summed E-state index contributed by atoms with van der Waals surface area (Å²) >= 11 is 0. The SMILES string of the molecule is O=C1CC[C@@H]2CCCC[C@H]2C1. The second-order valence-corrected chi connectivity index (χ2v) is 4.09. The molecule has 0 aromatic heterocycles. The second kappa shape index (κ2) is 2.96. The molecule has 0 saturated heterocycles. The van der Waals surface area contributed by atoms with Gasteiger partial charge in [-0.05, 0) is 24.7 Å². The Labute approximate surface area is 68.2 Å². The summed E-state index contributed by atoms with van der Waals surface area (Å²) in [6.07, 6.45) is 8.49. The molecule has 0 bridgehead atoms. The molecule has 0 aliphatic heterocycles. The lowest BCUT2D eigenvalue weighted by Gasteiger charge is -2.34. The largest absolute Gasteiger partial charge is 0.300 e. The Bertz CT molecular complexity index is 162. The lowest BCUT2D eigenvalue weighted by molar-refractivity contribution is -0.123. The molecule has 11 heavy (non-hydrogen) atoms. The van der Waals surface area contributed by atoms with Crippen LogP contribution >= 0.6 is 0 Å². The molecule has 0 unspecified atom stereocenters. The summed E-state index contributed by atoms with van der Waals surface area (Å²) in [5, 5.41) is 0. The Kier molecular flexibility index (Phi) is 1.97. The summed E-state index contributed by atoms with van der Waals surface area (Å²) in [4.78, 5) is 11.1. The molecule has 0 aromatic rings. The molecule has 62 valence electrons. The van der Waals surface area contributed by atoms with Crippen molar-refractivity contribution in [3.63, 3.8) is 0 Å². The first kappa shape index (κ1) is 7.33. The predicted molar refractivity (Wildman–Crippen MR) is 44.3 cm³/mol. The highest BCUT2D eigenvalue weighted by molar-refractivity contribution is 5.79. The van der Waals surface area contributed by atoms with Crippen molar-refractivity contribution in [2.75, 3.05) is 0 Å². The molecule has 2 rings (SSSR count). The Balaban J connectivity index is 1.98. The van der Waals surface area contributed by atoms with Gasteiger partial charge in [0, 0.05) is 12.8 Å². The zero-order valence-corrected chi connectivity index (χ0v) is 7.01. The highest BCUT2D eigenvalue weighted by Crippen LogP contribution is 2.38. The molecule has 0 N–H and O–H groups in total. The van der Waals surface area contributed by atoms with E-state index in [2.05, 4.69) is 0 Å². The Hall–Kier alpha value is -0.330. The number of fused-ring (bicyclic) bond motifs is 1. The van der Waals surface area contributed by atoms with Gasteiger partial charge in [0.2, 0.25) is 0 Å². The highest BCUT2D eigenvalue weighted by atomic mass is 16.1. The van der Waals surface area contributed by atoms with Gasteiger partial charge in [-0.3, -0.25) is 4.79 Å². The standard InChI is InChI=1S/C10H16O/c11-10-6-5-8-3-1-2-4-9(8)7-10/h8-9H,1-7H2/t8-,9-/m0/s1. The summed E-state index contributed by atoms with van der Waals surface area (Å²) in [5.74, 6) is 2.22. The van der Waals surface area contributed by atoms with E-state index in [4.69, 9.17) is 0 Å². The normalized spacial score (nSPS) is 38.4. The second-order valence-electron chi connectivity index (χ2n) is 4.09. The minimum absolute atomic E-state index is 0.521. The summed E-state index contributed by atoms with van der Waals surface area (Å²) in [6.45, 7) is 0. The van der Waals surface area contributed by atoms with Crippen molar-refractivity contribution in [1.82, 2.24) is 0 Å². The number of Topliss-reactive ketones (excluding diaryl/α,β-unsaturated/α-hetero) is 1. The van der Waals surface area contributed by atoms with Gasteiger partial charge in [-0.1, -0.05) is 19.3 Å². The van der Waals surface area contributed by atoms with Gasteiger partial charge in [-0.25, -0.2) is 0 Å². The van der Waals surface area contributed by atoms with Crippen molar-refractivity contribution in [1.29, 1.82) is 0 Å². The van der Waals surface area contributed by atoms with Crippen LogP contribution in [0.3, 0.4) is 0 Å². The van der Waals surface area contributed by atoms with E-state index >= 15 is 0 Å². The summed E-state index contributed by atoms with van der Waals surface area (Å²) in [6, 6.07) is 0. The fraction of sp³-hybridized carbons (Fsp3) is 0.900. The fourth-order valence-corrected chi connectivity index (χ4v) is 2.67. The van der Waals surface area contributed by atoms with Crippen LogP contribution in [-0.2, 0) is 4.79 Å². The van der Waals surface area contributed by atoms with Gasteiger partial charge in [-0.15, -0.1) is 0 Å². The van der Waals surface area contributed by atoms with Crippen molar-refractivity contribution < 1.29 is 4.79 Å². The molecule has 2 aliphatic carbocycles. The average molecular weight is 152 g/mol. The molecule has 0 aromatic carbocycles. The molecule has 0 amide bonds. The maximum atomic E-state index is 11.1. The molecule has 2 saturated carbocycles. The zero-order valence-electron chi connectivity index (χ0n) is 7.01. The first-order chi connectivity index (χ1) is 5.36. The van der Waals surface area contributed by atoms with Gasteiger partial charge >= 0.3 is 0 Å². The minimum Gasteiger partial charge on any atom is -0.300 e. The minimum atomic E-state index is 0.521. The van der Waals surface area contributed by atoms with E-state index < -0.39 is 0 Å². The first-order valence-electron chi connectivity index (χ1n) is 4.88. The number of carbonyl (C=O) groups is 1. The smallest absolute Gasteiger partial charge is 0.133 e. The summed E-state index contributed by atoms with van der Waals surface area (Å²) in [7, 11) is 0. The van der Waals surface area contributed by atoms with Crippen molar-refractivity contribution in [2.24, 2.45) is 11.8 Å². The van der Waals surface area contributed by atoms with Crippen LogP contribution in [0.4, 0.5) is 0 Å². The summed E-state index contributed by atoms with van der Waals surface area (Å²) < 4.78 is 0. The quantitative estimate of drug-likeness (QED) is 0.521. The van der Waals surface area contributed by atoms with E-state index in [1.54, 1.807) is 0 Å². The number of carbonyl (C=O) groups excluding carboxylic acids is 1. The van der Waals surface area contributed by atoms with Crippen LogP contribution < -0.4 is 0 Å². The van der Waals surface area contributed by atoms with E-state index in [1.807, 2.05) is 0 Å². The summed E-state index contributed by atoms with van der Waals surface area (Å²) in [5.41, 5.74) is 0. The lowest BCUT2D eigenvalue weighted by atomic mass is 9.71. The van der Waals surface area contributed by atoms with Crippen LogP contribution in [0.1, 0.15) is 44.9 Å². The van der Waals surface area contributed by atoms with Gasteiger partial charge in [0.15, 0.2) is 0 Å². The molecule has 2 atom stereocenters. The average Bonchev–Trinajstić information content (AvgIpc) is 2.04. The maximum Gasteiger partial charge on any atom is 0.133 e. The zero-order chi connectivity index (χ0) is 7.68. The van der Waals surface area contributed by atoms with Gasteiger partial charge in [0.25, 0.3) is 0 Å². The van der Waals surface area contributed by atoms with Crippen LogP contribution in [0, 0.1) is 11.8 Å². The van der Waals surface area contributed by atoms with Crippen LogP contribution in [0.15, 0.2) is 0 Å². The topological polar surface area (TPSA) is 17.1 Å². The lowest BCUT2D eigenvalue weighted by Crippen LogP contribution is -2.27. The molecule has 0 radical (unpaired) electrons. The van der Waals surface area contributed by atoms with Crippen molar-refractivity contribution in [3.05, 3.63) is 0 Å². The van der Waals surface area contributed by atoms with E-state index in [-0.39, 0.29) is 0 Å². The third kappa shape index (κ3) is 1.47. The molecule has 2 aliphatic rings. The van der Waals surface area contributed by atoms with Gasteiger partial charge < -0.3 is 0 Å². The molecule has 1 nitrogen and oxygen atoms in total. The monoisotopic (exact) mass is 152 g/mol. The van der Waals surface area contributed by atoms with Gasteiger partial charge in [0.05, 0.1) is 0 Å². The fourth-order valence-electron chi connectivity index (χ4n) is 2.67. The third-order valence-corrected chi connectivity index (χ3v) is 3.35. The van der Waals surface area contributed by atoms with E-state index in [0.29, 0.717) is 5.78 Å². The highest BCUT2D eigenvalue weighted by Gasteiger charge is 2.30. The Morgan fingerprint density at radius 2 is 1.73 bits per heavy atom. The molecule has 0 heterocycles. The predicted octanol–water partition coefficient (Wildman–Crippen LogP) is 2.55. The van der Waals surface area contributed by atoms with Crippen LogP contribution in [0.5, 0.6) is 0 Å². The molecular formula is C10H16O. The first-order valence-corrected chi connectivity index (χ1v) is 4.88. The third-order valence-electron chi connectivity index (χ3n) is 3.35. The van der Waals surface area contributed by atoms with E-state index in [9.17, 15) is 4.79 Å². The number of hydrogen-bond donors (Lipinski definition) is 0. The maximum absolute atomic E-state index is 11.1. The van der Waals surface area contributed by atoms with E-state index in [1.165, 1.54) is 32.1 Å². The molecule has 1 heteroatoms. The molecular weight excluding hydrogens is 136 g/mol. The molecule has 0 spiro atoms. The van der Waals surface area contributed by atoms with Crippen molar-refractivity contribution in [2.45, 2.75) is 44.9 Å². The van der Waals surface area contributed by atoms with Gasteiger partial charge in [-0.2, -0.15) is 0 Å². The van der Waals surface area contributed by atoms with Crippen LogP contribution in [-0.4, -0.2) is 5.78 Å². The van der Waals surface area contributed by atoms with Crippen molar-refractivity contribution >= 4 is 5.78 Å². The van der Waals surface area contributed by atoms with E-state index in [0.717, 1.165) is 24.7 Å². The number of rotatable bonds is 0.